The largest absolute Gasteiger partial charge is 0.483 e. The van der Waals surface area contributed by atoms with Gasteiger partial charge in [0.15, 0.2) is 11.5 Å². The van der Waals surface area contributed by atoms with Crippen LogP contribution in [-0.2, 0) is 31.0 Å². The summed E-state index contributed by atoms with van der Waals surface area (Å²) in [5, 5.41) is 0. The van der Waals surface area contributed by atoms with Crippen molar-refractivity contribution in [1.82, 2.24) is 9.80 Å². The molecule has 9 nitrogen and oxygen atoms in total. The van der Waals surface area contributed by atoms with Gasteiger partial charge in [0.1, 0.15) is 11.7 Å². The predicted molar refractivity (Wildman–Crippen MR) is 148 cm³/mol. The predicted octanol–water partition coefficient (Wildman–Crippen LogP) is 3.88. The number of esters is 2. The molecule has 3 aliphatic carbocycles. The maximum Gasteiger partial charge on any atom is 0.308 e. The van der Waals surface area contributed by atoms with Gasteiger partial charge in [0.05, 0.1) is 30.0 Å². The van der Waals surface area contributed by atoms with Crippen molar-refractivity contribution in [3.05, 3.63) is 53.5 Å². The molecule has 2 bridgehead atoms. The minimum Gasteiger partial charge on any atom is -0.483 e. The zero-order valence-corrected chi connectivity index (χ0v) is 23.8. The van der Waals surface area contributed by atoms with Crippen LogP contribution in [0.2, 0.25) is 0 Å². The second kappa shape index (κ2) is 9.48. The third kappa shape index (κ3) is 3.95. The van der Waals surface area contributed by atoms with Crippen molar-refractivity contribution >= 4 is 23.9 Å². The Labute approximate surface area is 239 Å². The number of rotatable bonds is 7. The molecule has 1 aromatic heterocycles. The Morgan fingerprint density at radius 2 is 1.95 bits per heavy atom. The smallest absolute Gasteiger partial charge is 0.308 e. The summed E-state index contributed by atoms with van der Waals surface area (Å²) in [4.78, 5) is 42.7. The Hall–Kier alpha value is -3.59. The summed E-state index contributed by atoms with van der Waals surface area (Å²) in [6.07, 6.45) is 11.1. The average molecular weight is 561 g/mol. The number of likely N-dealkylation sites (tertiary alicyclic amines) is 1. The summed E-state index contributed by atoms with van der Waals surface area (Å²) in [6.45, 7) is 4.73. The van der Waals surface area contributed by atoms with E-state index in [1.807, 2.05) is 19.2 Å². The van der Waals surface area contributed by atoms with Crippen LogP contribution in [0.3, 0.4) is 0 Å². The van der Waals surface area contributed by atoms with Crippen molar-refractivity contribution < 1.29 is 33.0 Å². The van der Waals surface area contributed by atoms with Crippen LogP contribution in [0.5, 0.6) is 11.5 Å². The molecule has 1 spiro atoms. The number of furan rings is 1. The molecule has 3 fully saturated rings. The minimum atomic E-state index is -0.809. The van der Waals surface area contributed by atoms with E-state index in [1.165, 1.54) is 26.7 Å². The topological polar surface area (TPSA) is 98.5 Å². The van der Waals surface area contributed by atoms with Gasteiger partial charge in [0.2, 0.25) is 5.91 Å². The number of benzene rings is 1. The molecule has 1 amide bonds. The first-order valence-corrected chi connectivity index (χ1v) is 14.7. The van der Waals surface area contributed by atoms with Crippen LogP contribution < -0.4 is 9.47 Å². The zero-order valence-electron chi connectivity index (χ0n) is 23.8. The molecule has 2 aliphatic heterocycles. The van der Waals surface area contributed by atoms with Gasteiger partial charge in [-0.25, -0.2) is 0 Å². The lowest BCUT2D eigenvalue weighted by Crippen LogP contribution is -2.79. The second-order valence-corrected chi connectivity index (χ2v) is 12.4. The molecular formula is C32H36N2O7. The lowest BCUT2D eigenvalue weighted by atomic mass is 9.48. The Bertz CT molecular complexity index is 1430. The number of likely N-dealkylation sites (N-methyl/N-ethyl adjacent to an activating group) is 1. The van der Waals surface area contributed by atoms with Crippen molar-refractivity contribution in [2.75, 3.05) is 20.1 Å². The van der Waals surface area contributed by atoms with E-state index in [9.17, 15) is 14.4 Å². The number of hydrogen-bond acceptors (Lipinski definition) is 8. The fraction of sp³-hybridized carbons (Fsp3) is 0.531. The van der Waals surface area contributed by atoms with Crippen LogP contribution >= 0.6 is 0 Å². The van der Waals surface area contributed by atoms with Crippen LogP contribution in [0.1, 0.15) is 62.6 Å². The van der Waals surface area contributed by atoms with E-state index in [-0.39, 0.29) is 24.0 Å². The third-order valence-electron chi connectivity index (χ3n) is 10.1. The van der Waals surface area contributed by atoms with Crippen LogP contribution in [0.15, 0.2) is 41.2 Å². The van der Waals surface area contributed by atoms with Crippen LogP contribution in [-0.4, -0.2) is 71.6 Å². The molecule has 3 heterocycles. The maximum atomic E-state index is 13.5. The van der Waals surface area contributed by atoms with Crippen LogP contribution in [0.25, 0.3) is 6.08 Å². The van der Waals surface area contributed by atoms with Gasteiger partial charge in [-0.1, -0.05) is 6.07 Å². The molecule has 1 saturated heterocycles. The molecule has 0 unspecified atom stereocenters. The molecule has 0 radical (unpaired) electrons. The summed E-state index contributed by atoms with van der Waals surface area (Å²) in [5.41, 5.74) is 1.46. The van der Waals surface area contributed by atoms with Gasteiger partial charge < -0.3 is 23.5 Å². The molecule has 5 aliphatic rings. The molecule has 5 atom stereocenters. The minimum absolute atomic E-state index is 0.00724. The van der Waals surface area contributed by atoms with Crippen LogP contribution in [0, 0.1) is 5.92 Å². The number of hydrogen-bond donors (Lipinski definition) is 0. The Morgan fingerprint density at radius 3 is 2.66 bits per heavy atom. The molecule has 7 rings (SSSR count). The van der Waals surface area contributed by atoms with Gasteiger partial charge in [-0.2, -0.15) is 0 Å². The van der Waals surface area contributed by atoms with Gasteiger partial charge in [-0.05, 0) is 74.8 Å². The second-order valence-electron chi connectivity index (χ2n) is 12.4. The first-order chi connectivity index (χ1) is 19.7. The number of carbonyl (C=O) groups excluding carboxylic acids is 3. The number of ether oxygens (including phenoxy) is 3. The van der Waals surface area contributed by atoms with Gasteiger partial charge in [-0.3, -0.25) is 19.3 Å². The highest BCUT2D eigenvalue weighted by molar-refractivity contribution is 5.92. The summed E-state index contributed by atoms with van der Waals surface area (Å²) in [7, 11) is 1.81. The Morgan fingerprint density at radius 1 is 1.12 bits per heavy atom. The fourth-order valence-electron chi connectivity index (χ4n) is 8.33. The van der Waals surface area contributed by atoms with Crippen molar-refractivity contribution in [3.8, 4) is 11.5 Å². The monoisotopic (exact) mass is 560 g/mol. The molecule has 9 heteroatoms. The number of piperidine rings is 1. The number of carbonyl (C=O) groups is 3. The number of nitrogens with zero attached hydrogens (tertiary/aromatic N) is 2. The van der Waals surface area contributed by atoms with E-state index in [0.717, 1.165) is 42.6 Å². The summed E-state index contributed by atoms with van der Waals surface area (Å²) in [5.74, 6) is 0.744. The van der Waals surface area contributed by atoms with E-state index < -0.39 is 23.1 Å². The molecule has 1 aromatic carbocycles. The fourth-order valence-corrected chi connectivity index (χ4v) is 8.33. The van der Waals surface area contributed by atoms with E-state index >= 15 is 0 Å². The molecule has 41 heavy (non-hydrogen) atoms. The van der Waals surface area contributed by atoms with Crippen molar-refractivity contribution in [1.29, 1.82) is 0 Å². The van der Waals surface area contributed by atoms with Gasteiger partial charge >= 0.3 is 11.9 Å². The number of amides is 1. The van der Waals surface area contributed by atoms with Crippen molar-refractivity contribution in [2.24, 2.45) is 5.92 Å². The average Bonchev–Trinajstić information content (AvgIpc) is 3.44. The molecule has 2 aromatic rings. The van der Waals surface area contributed by atoms with E-state index in [1.54, 1.807) is 35.6 Å². The van der Waals surface area contributed by atoms with Crippen LogP contribution in [0.4, 0.5) is 0 Å². The van der Waals surface area contributed by atoms with Gasteiger partial charge in [-0.15, -0.1) is 0 Å². The summed E-state index contributed by atoms with van der Waals surface area (Å²) < 4.78 is 24.2. The van der Waals surface area contributed by atoms with Gasteiger partial charge in [0, 0.05) is 44.6 Å². The van der Waals surface area contributed by atoms with E-state index in [2.05, 4.69) is 4.90 Å². The lowest BCUT2D eigenvalue weighted by molar-refractivity contribution is -0.223. The highest BCUT2D eigenvalue weighted by Gasteiger charge is 2.75. The normalized spacial score (nSPS) is 31.3. The Balaban J connectivity index is 1.35. The highest BCUT2D eigenvalue weighted by atomic mass is 16.6. The molecule has 2 saturated carbocycles. The third-order valence-corrected chi connectivity index (χ3v) is 10.1. The Kier molecular flexibility index (Phi) is 6.08. The van der Waals surface area contributed by atoms with Gasteiger partial charge in [0.25, 0.3) is 0 Å². The standard InChI is InChI=1S/C32H36N2O7/c1-19(35)39-25-8-7-23-16-26-32(41-20(2)36)12-10-24(33(3)27(37)9-6-22-11-15-38-18-22)30-31(32,28(23)29(25)40-30)13-14-34(26)17-21-4-5-21/h6-9,11,15,18,21,24,26,30H,4-5,10,12-14,16-17H2,1-3H3/b9-6+/t24-,26+,30-,31-,32+/m0/s1. The summed E-state index contributed by atoms with van der Waals surface area (Å²) >= 11 is 0. The van der Waals surface area contributed by atoms with Crippen molar-refractivity contribution in [2.45, 2.75) is 81.6 Å². The molecular weight excluding hydrogens is 524 g/mol. The lowest BCUT2D eigenvalue weighted by Gasteiger charge is -2.65. The SMILES string of the molecule is CC(=O)Oc1ccc2c3c1O[C@H]1[C@@H](N(C)C(=O)/C=C/c4ccoc4)CC[C@@]4(OC(C)=O)[C@@H](C2)N(CC2CC2)CC[C@]314. The zero-order chi connectivity index (χ0) is 28.5. The highest BCUT2D eigenvalue weighted by Crippen LogP contribution is 2.67. The molecule has 0 N–H and O–H groups in total. The first kappa shape index (κ1) is 26.3. The van der Waals surface area contributed by atoms with E-state index in [4.69, 9.17) is 18.6 Å². The first-order valence-electron chi connectivity index (χ1n) is 14.7. The maximum absolute atomic E-state index is 13.5. The summed E-state index contributed by atoms with van der Waals surface area (Å²) in [6, 6.07) is 5.39. The van der Waals surface area contributed by atoms with Crippen molar-refractivity contribution in [3.63, 3.8) is 0 Å². The van der Waals surface area contributed by atoms with E-state index in [0.29, 0.717) is 30.3 Å². The quantitative estimate of drug-likeness (QED) is 0.286. The molecule has 216 valence electrons.